The van der Waals surface area contributed by atoms with E-state index in [2.05, 4.69) is 0 Å². The molecule has 7 heteroatoms. The summed E-state index contributed by atoms with van der Waals surface area (Å²) < 4.78 is 24.3. The molecule has 0 saturated heterocycles. The molecule has 122 valence electrons. The van der Waals surface area contributed by atoms with E-state index in [1.54, 1.807) is 0 Å². The number of carbonyl (C=O) groups is 2. The van der Waals surface area contributed by atoms with Gasteiger partial charge in [-0.25, -0.2) is 4.39 Å². The second-order valence-electron chi connectivity index (χ2n) is 5.44. The van der Waals surface area contributed by atoms with Crippen molar-refractivity contribution < 1.29 is 28.6 Å². The summed E-state index contributed by atoms with van der Waals surface area (Å²) in [6, 6.07) is 2.91. The molecule has 1 fully saturated rings. The van der Waals surface area contributed by atoms with Crippen molar-refractivity contribution in [3.8, 4) is 11.5 Å². The predicted molar refractivity (Wildman–Crippen MR) is 82.6 cm³/mol. The Hall–Kier alpha value is -2.15. The lowest BCUT2D eigenvalue weighted by atomic mass is 9.71. The van der Waals surface area contributed by atoms with Crippen LogP contribution < -0.4 is 4.74 Å². The van der Waals surface area contributed by atoms with Crippen molar-refractivity contribution in [1.82, 2.24) is 0 Å². The average Bonchev–Trinajstić information content (AvgIpc) is 2.93. The van der Waals surface area contributed by atoms with Crippen molar-refractivity contribution in [2.24, 2.45) is 11.8 Å². The zero-order chi connectivity index (χ0) is 16.7. The third-order valence-corrected chi connectivity index (χ3v) is 5.38. The maximum atomic E-state index is 14.2. The highest BCUT2D eigenvalue weighted by atomic mass is 32.1. The fourth-order valence-corrected chi connectivity index (χ4v) is 3.90. The first-order valence-corrected chi connectivity index (χ1v) is 7.90. The van der Waals surface area contributed by atoms with Crippen LogP contribution in [0.5, 0.6) is 11.5 Å². The highest BCUT2D eigenvalue weighted by Crippen LogP contribution is 2.42. The quantitative estimate of drug-likeness (QED) is 0.685. The van der Waals surface area contributed by atoms with Crippen LogP contribution in [0, 0.1) is 17.7 Å². The first kappa shape index (κ1) is 15.7. The maximum Gasteiger partial charge on any atom is 0.309 e. The van der Waals surface area contributed by atoms with Crippen molar-refractivity contribution in [3.05, 3.63) is 22.8 Å². The smallest absolute Gasteiger partial charge is 0.309 e. The number of ether oxygens (including phenoxy) is 2. The normalized spacial score (nSPS) is 20.1. The molecular formula is C16H15FO5S. The van der Waals surface area contributed by atoms with Gasteiger partial charge in [-0.2, -0.15) is 0 Å². The van der Waals surface area contributed by atoms with Crippen LogP contribution in [0.4, 0.5) is 4.39 Å². The molecule has 0 aliphatic heterocycles. The number of benzene rings is 1. The van der Waals surface area contributed by atoms with Gasteiger partial charge in [-0.05, 0) is 18.9 Å². The van der Waals surface area contributed by atoms with E-state index < -0.39 is 23.4 Å². The van der Waals surface area contributed by atoms with Crippen molar-refractivity contribution in [2.45, 2.75) is 12.8 Å². The van der Waals surface area contributed by atoms with Crippen molar-refractivity contribution >= 4 is 33.2 Å². The van der Waals surface area contributed by atoms with E-state index in [4.69, 9.17) is 9.47 Å². The third kappa shape index (κ3) is 2.45. The van der Waals surface area contributed by atoms with Crippen LogP contribution in [0.1, 0.15) is 22.5 Å². The molecule has 0 bridgehead atoms. The molecule has 0 spiro atoms. The molecule has 23 heavy (non-hydrogen) atoms. The predicted octanol–water partition coefficient (Wildman–Crippen LogP) is 3.14. The standard InChI is InChI=1S/C16H15FO5S/c1-21-10-6-11-9(13(17)15(10)19)5-12(23-11)14(18)7-3-4-8(7)16(20)22-2/h5-8,19H,3-4H2,1-2H3/t7-,8-/m0/s1. The van der Waals surface area contributed by atoms with E-state index in [-0.39, 0.29) is 22.9 Å². The van der Waals surface area contributed by atoms with Gasteiger partial charge in [-0.15, -0.1) is 11.3 Å². The Labute approximate surface area is 135 Å². The number of hydrogen-bond acceptors (Lipinski definition) is 6. The number of aromatic hydroxyl groups is 1. The summed E-state index contributed by atoms with van der Waals surface area (Å²) in [6.07, 6.45) is 1.24. The second-order valence-corrected chi connectivity index (χ2v) is 6.53. The number of carbonyl (C=O) groups excluding carboxylic acids is 2. The van der Waals surface area contributed by atoms with Gasteiger partial charge in [0.15, 0.2) is 23.1 Å². The minimum atomic E-state index is -0.812. The first-order chi connectivity index (χ1) is 11.0. The highest BCUT2D eigenvalue weighted by Gasteiger charge is 2.42. The first-order valence-electron chi connectivity index (χ1n) is 7.09. The number of thiophene rings is 1. The summed E-state index contributed by atoms with van der Waals surface area (Å²) in [4.78, 5) is 24.5. The Kier molecular flexibility index (Phi) is 3.97. The van der Waals surface area contributed by atoms with E-state index in [9.17, 15) is 19.1 Å². The lowest BCUT2D eigenvalue weighted by molar-refractivity contribution is -0.150. The summed E-state index contributed by atoms with van der Waals surface area (Å²) in [5, 5.41) is 9.89. The number of methoxy groups -OCH3 is 2. The Balaban J connectivity index is 1.96. The monoisotopic (exact) mass is 338 g/mol. The molecule has 0 unspecified atom stereocenters. The van der Waals surface area contributed by atoms with E-state index in [0.717, 1.165) is 11.3 Å². The number of rotatable bonds is 4. The number of fused-ring (bicyclic) bond motifs is 1. The molecule has 1 aliphatic rings. The number of hydrogen-bond donors (Lipinski definition) is 1. The van der Waals surface area contributed by atoms with Crippen molar-refractivity contribution in [2.75, 3.05) is 14.2 Å². The lowest BCUT2D eigenvalue weighted by Crippen LogP contribution is -2.38. The number of phenolic OH excluding ortho intramolecular Hbond substituents is 1. The topological polar surface area (TPSA) is 72.8 Å². The van der Waals surface area contributed by atoms with Gasteiger partial charge in [0.1, 0.15) is 0 Å². The minimum Gasteiger partial charge on any atom is -0.502 e. The van der Waals surface area contributed by atoms with Crippen LogP contribution in [0.2, 0.25) is 0 Å². The molecule has 0 amide bonds. The Morgan fingerprint density at radius 1 is 1.26 bits per heavy atom. The van der Waals surface area contributed by atoms with Crippen LogP contribution in [-0.2, 0) is 9.53 Å². The lowest BCUT2D eigenvalue weighted by Gasteiger charge is -2.32. The fourth-order valence-electron chi connectivity index (χ4n) is 2.81. The molecule has 1 N–H and O–H groups in total. The van der Waals surface area contributed by atoms with Crippen molar-refractivity contribution in [3.63, 3.8) is 0 Å². The molecule has 0 radical (unpaired) electrons. The zero-order valence-corrected chi connectivity index (χ0v) is 13.4. The SMILES string of the molecule is COC(=O)[C@H]1CC[C@@H]1C(=O)c1cc2c(F)c(O)c(OC)cc2s1. The number of ketones is 1. The molecule has 2 atom stereocenters. The van der Waals surface area contributed by atoms with Crippen molar-refractivity contribution in [1.29, 1.82) is 0 Å². The Morgan fingerprint density at radius 3 is 2.52 bits per heavy atom. The average molecular weight is 338 g/mol. The second kappa shape index (κ2) is 5.81. The van der Waals surface area contributed by atoms with Crippen LogP contribution in [-0.4, -0.2) is 31.1 Å². The van der Waals surface area contributed by atoms with Gasteiger partial charge >= 0.3 is 5.97 Å². The van der Waals surface area contributed by atoms with Gasteiger partial charge in [0, 0.05) is 22.1 Å². The van der Waals surface area contributed by atoms with Gasteiger partial charge < -0.3 is 14.6 Å². The largest absolute Gasteiger partial charge is 0.502 e. The van der Waals surface area contributed by atoms with Crippen LogP contribution in [0.25, 0.3) is 10.1 Å². The molecule has 3 rings (SSSR count). The fraction of sp³-hybridized carbons (Fsp3) is 0.375. The van der Waals surface area contributed by atoms with Crippen LogP contribution in [0.15, 0.2) is 12.1 Å². The maximum absolute atomic E-state index is 14.2. The van der Waals surface area contributed by atoms with Gasteiger partial charge in [-0.1, -0.05) is 0 Å². The Morgan fingerprint density at radius 2 is 1.96 bits per heavy atom. The molecule has 1 aromatic carbocycles. The van der Waals surface area contributed by atoms with E-state index in [1.165, 1.54) is 26.4 Å². The summed E-state index contributed by atoms with van der Waals surface area (Å²) in [5.41, 5.74) is 0. The summed E-state index contributed by atoms with van der Waals surface area (Å²) in [7, 11) is 2.63. The van der Waals surface area contributed by atoms with E-state index in [1.807, 2.05) is 0 Å². The molecule has 5 nitrogen and oxygen atoms in total. The molecule has 1 heterocycles. The van der Waals surface area contributed by atoms with Gasteiger partial charge in [0.05, 0.1) is 25.0 Å². The zero-order valence-electron chi connectivity index (χ0n) is 12.6. The third-order valence-electron chi connectivity index (χ3n) is 4.28. The summed E-state index contributed by atoms with van der Waals surface area (Å²) >= 11 is 1.12. The summed E-state index contributed by atoms with van der Waals surface area (Å²) in [6.45, 7) is 0. The minimum absolute atomic E-state index is 0.0203. The number of halogens is 1. The van der Waals surface area contributed by atoms with Gasteiger partial charge in [-0.3, -0.25) is 9.59 Å². The number of esters is 1. The summed E-state index contributed by atoms with van der Waals surface area (Å²) in [5.74, 6) is -2.79. The molecule has 1 saturated carbocycles. The molecular weight excluding hydrogens is 323 g/mol. The van der Waals surface area contributed by atoms with E-state index >= 15 is 0 Å². The van der Waals surface area contributed by atoms with E-state index in [0.29, 0.717) is 22.4 Å². The Bertz CT molecular complexity index is 797. The van der Waals surface area contributed by atoms with Crippen LogP contribution in [0.3, 0.4) is 0 Å². The molecule has 1 aliphatic carbocycles. The van der Waals surface area contributed by atoms with Gasteiger partial charge in [0.2, 0.25) is 0 Å². The van der Waals surface area contributed by atoms with Crippen LogP contribution >= 0.6 is 11.3 Å². The molecule has 1 aromatic heterocycles. The highest BCUT2D eigenvalue weighted by molar-refractivity contribution is 7.20. The van der Waals surface area contributed by atoms with Gasteiger partial charge in [0.25, 0.3) is 0 Å². The molecule has 2 aromatic rings. The number of phenols is 1. The number of Topliss-reactive ketones (excluding diaryl/α,β-unsaturated/α-hetero) is 1.